The van der Waals surface area contributed by atoms with Gasteiger partial charge in [0.1, 0.15) is 0 Å². The van der Waals surface area contributed by atoms with E-state index in [2.05, 4.69) is 0 Å². The van der Waals surface area contributed by atoms with E-state index in [-0.39, 0.29) is 11.8 Å². The Bertz CT molecular complexity index is 327. The quantitative estimate of drug-likeness (QED) is 0.704. The highest BCUT2D eigenvalue weighted by Gasteiger charge is 2.19. The fourth-order valence-corrected chi connectivity index (χ4v) is 1.70. The molecule has 0 aliphatic rings. The van der Waals surface area contributed by atoms with Gasteiger partial charge >= 0.3 is 0 Å². The van der Waals surface area contributed by atoms with Gasteiger partial charge in [-0.3, -0.25) is 9.69 Å². The molecular weight excluding hydrogens is 186 g/mol. The summed E-state index contributed by atoms with van der Waals surface area (Å²) in [7, 11) is 3.89. The second-order valence-corrected chi connectivity index (χ2v) is 4.12. The Morgan fingerprint density at radius 2 is 1.80 bits per heavy atom. The number of benzene rings is 1. The van der Waals surface area contributed by atoms with Crippen LogP contribution in [0.15, 0.2) is 24.3 Å². The van der Waals surface area contributed by atoms with E-state index < -0.39 is 0 Å². The van der Waals surface area contributed by atoms with Gasteiger partial charge in [0.25, 0.3) is 0 Å². The van der Waals surface area contributed by atoms with Gasteiger partial charge in [-0.25, -0.2) is 0 Å². The summed E-state index contributed by atoms with van der Waals surface area (Å²) in [6.07, 6.45) is 0.847. The van der Waals surface area contributed by atoms with Crippen molar-refractivity contribution in [2.45, 2.75) is 26.3 Å². The van der Waals surface area contributed by atoms with E-state index in [4.69, 9.17) is 0 Å². The summed E-state index contributed by atoms with van der Waals surface area (Å²) >= 11 is 0. The Morgan fingerprint density at radius 1 is 1.27 bits per heavy atom. The normalized spacial score (nSPS) is 12.9. The second-order valence-electron chi connectivity index (χ2n) is 4.12. The fraction of sp³-hybridized carbons (Fsp3) is 0.462. The molecule has 1 aromatic carbocycles. The fourth-order valence-electron chi connectivity index (χ4n) is 1.70. The molecule has 0 fully saturated rings. The van der Waals surface area contributed by atoms with Crippen molar-refractivity contribution in [2.24, 2.45) is 0 Å². The number of rotatable bonds is 4. The van der Waals surface area contributed by atoms with Crippen LogP contribution in [-0.4, -0.2) is 30.8 Å². The summed E-state index contributed by atoms with van der Waals surface area (Å²) in [5, 5.41) is 0. The Balaban J connectivity index is 2.88. The average Bonchev–Trinajstić information content (AvgIpc) is 2.19. The average molecular weight is 205 g/mol. The van der Waals surface area contributed by atoms with Crippen molar-refractivity contribution in [3.05, 3.63) is 35.4 Å². The Morgan fingerprint density at radius 3 is 2.20 bits per heavy atom. The van der Waals surface area contributed by atoms with Gasteiger partial charge in [-0.15, -0.1) is 0 Å². The Hall–Kier alpha value is -1.15. The SMILES string of the molecule is CC[C@H](C(=O)c1ccc(C)cc1)N(C)C. The van der Waals surface area contributed by atoms with Crippen molar-refractivity contribution in [1.82, 2.24) is 4.90 Å². The van der Waals surface area contributed by atoms with Gasteiger partial charge in [0.2, 0.25) is 0 Å². The predicted octanol–water partition coefficient (Wildman–Crippen LogP) is 2.52. The van der Waals surface area contributed by atoms with E-state index in [1.165, 1.54) is 5.56 Å². The summed E-state index contributed by atoms with van der Waals surface area (Å²) < 4.78 is 0. The van der Waals surface area contributed by atoms with Gasteiger partial charge in [0.05, 0.1) is 6.04 Å². The number of likely N-dealkylation sites (N-methyl/N-ethyl adjacent to an activating group) is 1. The molecule has 15 heavy (non-hydrogen) atoms. The van der Waals surface area contributed by atoms with Gasteiger partial charge in [0.15, 0.2) is 5.78 Å². The highest BCUT2D eigenvalue weighted by molar-refractivity contribution is 6.00. The maximum atomic E-state index is 12.1. The maximum Gasteiger partial charge on any atom is 0.179 e. The van der Waals surface area contributed by atoms with Crippen LogP contribution in [0.1, 0.15) is 29.3 Å². The molecule has 2 heteroatoms. The van der Waals surface area contributed by atoms with Crippen LogP contribution >= 0.6 is 0 Å². The predicted molar refractivity (Wildman–Crippen MR) is 63.3 cm³/mol. The van der Waals surface area contributed by atoms with Crippen molar-refractivity contribution in [2.75, 3.05) is 14.1 Å². The molecule has 1 aromatic rings. The van der Waals surface area contributed by atoms with Gasteiger partial charge in [-0.05, 0) is 27.4 Å². The van der Waals surface area contributed by atoms with Crippen LogP contribution in [0.3, 0.4) is 0 Å². The van der Waals surface area contributed by atoms with E-state index in [0.717, 1.165) is 12.0 Å². The van der Waals surface area contributed by atoms with E-state index in [1.807, 2.05) is 57.1 Å². The molecule has 2 nitrogen and oxygen atoms in total. The van der Waals surface area contributed by atoms with Crippen LogP contribution in [0.5, 0.6) is 0 Å². The standard InChI is InChI=1S/C13H19NO/c1-5-12(14(3)4)13(15)11-8-6-10(2)7-9-11/h6-9,12H,5H2,1-4H3/t12-/m1/s1. The lowest BCUT2D eigenvalue weighted by Crippen LogP contribution is -2.35. The number of carbonyl (C=O) groups is 1. The first-order valence-corrected chi connectivity index (χ1v) is 5.33. The summed E-state index contributed by atoms with van der Waals surface area (Å²) in [5.41, 5.74) is 1.99. The molecule has 0 heterocycles. The first-order chi connectivity index (χ1) is 7.06. The van der Waals surface area contributed by atoms with Crippen LogP contribution < -0.4 is 0 Å². The topological polar surface area (TPSA) is 20.3 Å². The summed E-state index contributed by atoms with van der Waals surface area (Å²) in [6.45, 7) is 4.06. The van der Waals surface area contributed by atoms with Crippen LogP contribution in [0.25, 0.3) is 0 Å². The van der Waals surface area contributed by atoms with E-state index in [9.17, 15) is 4.79 Å². The van der Waals surface area contributed by atoms with Gasteiger partial charge < -0.3 is 0 Å². The molecule has 0 aliphatic carbocycles. The molecule has 1 rings (SSSR count). The number of hydrogen-bond donors (Lipinski definition) is 0. The smallest absolute Gasteiger partial charge is 0.179 e. The van der Waals surface area contributed by atoms with Gasteiger partial charge in [-0.2, -0.15) is 0 Å². The van der Waals surface area contributed by atoms with Crippen LogP contribution in [0.2, 0.25) is 0 Å². The molecule has 0 spiro atoms. The van der Waals surface area contributed by atoms with Crippen molar-refractivity contribution < 1.29 is 4.79 Å². The van der Waals surface area contributed by atoms with E-state index >= 15 is 0 Å². The monoisotopic (exact) mass is 205 g/mol. The molecule has 0 aliphatic heterocycles. The van der Waals surface area contributed by atoms with Gasteiger partial charge in [-0.1, -0.05) is 36.8 Å². The van der Waals surface area contributed by atoms with Crippen molar-refractivity contribution in [1.29, 1.82) is 0 Å². The van der Waals surface area contributed by atoms with Crippen molar-refractivity contribution >= 4 is 5.78 Å². The summed E-state index contributed by atoms with van der Waals surface area (Å²) in [6, 6.07) is 7.77. The number of carbonyl (C=O) groups excluding carboxylic acids is 1. The lowest BCUT2D eigenvalue weighted by molar-refractivity contribution is 0.0871. The van der Waals surface area contributed by atoms with E-state index in [0.29, 0.717) is 0 Å². The molecule has 0 amide bonds. The highest BCUT2D eigenvalue weighted by Crippen LogP contribution is 2.11. The molecule has 82 valence electrons. The molecule has 0 N–H and O–H groups in total. The second kappa shape index (κ2) is 5.08. The van der Waals surface area contributed by atoms with Crippen LogP contribution in [0.4, 0.5) is 0 Å². The molecule has 0 aromatic heterocycles. The first kappa shape index (κ1) is 11.9. The minimum absolute atomic E-state index is 0.00675. The molecule has 0 radical (unpaired) electrons. The van der Waals surface area contributed by atoms with Crippen molar-refractivity contribution in [3.8, 4) is 0 Å². The molecule has 0 saturated carbocycles. The molecule has 1 atom stereocenters. The Labute approximate surface area is 91.9 Å². The highest BCUT2D eigenvalue weighted by atomic mass is 16.1. The summed E-state index contributed by atoms with van der Waals surface area (Å²) in [5.74, 6) is 0.211. The third-order valence-corrected chi connectivity index (χ3v) is 2.65. The zero-order valence-corrected chi connectivity index (χ0v) is 9.95. The first-order valence-electron chi connectivity index (χ1n) is 5.33. The van der Waals surface area contributed by atoms with Gasteiger partial charge in [0, 0.05) is 5.56 Å². The van der Waals surface area contributed by atoms with Crippen LogP contribution in [0, 0.1) is 6.92 Å². The van der Waals surface area contributed by atoms with Crippen LogP contribution in [-0.2, 0) is 0 Å². The van der Waals surface area contributed by atoms with Crippen molar-refractivity contribution in [3.63, 3.8) is 0 Å². The number of Topliss-reactive ketones (excluding diaryl/α,β-unsaturated/α-hetero) is 1. The molecule has 0 saturated heterocycles. The zero-order chi connectivity index (χ0) is 11.4. The minimum Gasteiger partial charge on any atom is -0.299 e. The number of nitrogens with zero attached hydrogens (tertiary/aromatic N) is 1. The Kier molecular flexibility index (Phi) is 4.04. The number of hydrogen-bond acceptors (Lipinski definition) is 2. The third-order valence-electron chi connectivity index (χ3n) is 2.65. The zero-order valence-electron chi connectivity index (χ0n) is 9.95. The largest absolute Gasteiger partial charge is 0.299 e. The maximum absolute atomic E-state index is 12.1. The third kappa shape index (κ3) is 2.90. The molecule has 0 unspecified atom stereocenters. The number of ketones is 1. The summed E-state index contributed by atoms with van der Waals surface area (Å²) in [4.78, 5) is 14.1. The lowest BCUT2D eigenvalue weighted by atomic mass is 10.0. The lowest BCUT2D eigenvalue weighted by Gasteiger charge is -2.21. The number of aryl methyl sites for hydroxylation is 1. The van der Waals surface area contributed by atoms with E-state index in [1.54, 1.807) is 0 Å². The molecule has 0 bridgehead atoms. The minimum atomic E-state index is -0.00675. The molecular formula is C13H19NO.